The van der Waals surface area contributed by atoms with E-state index < -0.39 is 0 Å². The Balaban J connectivity index is 0.00000154. The second kappa shape index (κ2) is 10.6. The average molecular weight is 364 g/mol. The van der Waals surface area contributed by atoms with Gasteiger partial charge in [-0.2, -0.15) is 0 Å². The maximum absolute atomic E-state index is 3.73. The quantitative estimate of drug-likeness (QED) is 0.336. The van der Waals surface area contributed by atoms with E-state index in [1.807, 2.05) is 25.2 Å². The van der Waals surface area contributed by atoms with Gasteiger partial charge in [-0.3, -0.25) is 0 Å². The van der Waals surface area contributed by atoms with Crippen LogP contribution in [0.1, 0.15) is 18.1 Å². The number of benzene rings is 1. The lowest BCUT2D eigenvalue weighted by Gasteiger charge is -2.01. The molecule has 100 valence electrons. The molecule has 0 aliphatic heterocycles. The highest BCUT2D eigenvalue weighted by Gasteiger charge is 1.97. The molecule has 0 atom stereocenters. The highest BCUT2D eigenvalue weighted by molar-refractivity contribution is 14.1. The summed E-state index contributed by atoms with van der Waals surface area (Å²) in [6, 6.07) is 8.56. The summed E-state index contributed by atoms with van der Waals surface area (Å²) in [4.78, 5) is 0. The van der Waals surface area contributed by atoms with E-state index >= 15 is 0 Å². The first-order valence-corrected chi connectivity index (χ1v) is 7.15. The van der Waals surface area contributed by atoms with Crippen molar-refractivity contribution in [1.29, 1.82) is 0 Å². The first-order chi connectivity index (χ1) is 9.17. The van der Waals surface area contributed by atoms with Gasteiger partial charge < -0.3 is 0 Å². The lowest BCUT2D eigenvalue weighted by molar-refractivity contribution is 1.46. The second-order valence-corrected chi connectivity index (χ2v) is 4.92. The normalized spacial score (nSPS) is 11.9. The number of hydrogen-bond acceptors (Lipinski definition) is 0. The molecule has 0 fully saturated rings. The van der Waals surface area contributed by atoms with E-state index in [4.69, 9.17) is 0 Å². The van der Waals surface area contributed by atoms with Crippen LogP contribution in [0, 0.1) is 6.92 Å². The van der Waals surface area contributed by atoms with Crippen LogP contribution in [-0.2, 0) is 0 Å². The molecular weight excluding hydrogens is 343 g/mol. The zero-order valence-electron chi connectivity index (χ0n) is 11.7. The molecule has 19 heavy (non-hydrogen) atoms. The molecule has 0 aromatic heterocycles. The highest BCUT2D eigenvalue weighted by atomic mass is 127. The van der Waals surface area contributed by atoms with E-state index in [9.17, 15) is 0 Å². The summed E-state index contributed by atoms with van der Waals surface area (Å²) in [5.41, 5.74) is 3.69. The summed E-state index contributed by atoms with van der Waals surface area (Å²) < 4.78 is 1.23. The van der Waals surface area contributed by atoms with Crippen molar-refractivity contribution in [3.05, 3.63) is 91.1 Å². The number of hydrogen-bond donors (Lipinski definition) is 0. The number of aryl methyl sites for hydroxylation is 1. The molecule has 0 radical (unpaired) electrons. The van der Waals surface area contributed by atoms with Crippen molar-refractivity contribution in [3.63, 3.8) is 0 Å². The van der Waals surface area contributed by atoms with Crippen LogP contribution in [0.15, 0.2) is 80.0 Å². The van der Waals surface area contributed by atoms with Gasteiger partial charge in [0.1, 0.15) is 0 Å². The molecule has 0 spiro atoms. The second-order valence-electron chi connectivity index (χ2n) is 3.76. The minimum Gasteiger partial charge on any atom is -0.106 e. The van der Waals surface area contributed by atoms with E-state index in [1.165, 1.54) is 14.7 Å². The zero-order valence-corrected chi connectivity index (χ0v) is 13.9. The Morgan fingerprint density at radius 2 is 1.74 bits per heavy atom. The molecule has 1 heteroatoms. The lowest BCUT2D eigenvalue weighted by atomic mass is 10.1. The molecule has 0 aliphatic rings. The van der Waals surface area contributed by atoms with Gasteiger partial charge in [-0.1, -0.05) is 60.7 Å². The van der Waals surface area contributed by atoms with Crippen LogP contribution in [0.5, 0.6) is 0 Å². The van der Waals surface area contributed by atoms with Crippen molar-refractivity contribution in [2.24, 2.45) is 0 Å². The van der Waals surface area contributed by atoms with E-state index in [-0.39, 0.29) is 0 Å². The van der Waals surface area contributed by atoms with Crippen molar-refractivity contribution in [3.8, 4) is 0 Å². The summed E-state index contributed by atoms with van der Waals surface area (Å²) in [7, 11) is 0. The van der Waals surface area contributed by atoms with Gasteiger partial charge in [-0.25, -0.2) is 0 Å². The fourth-order valence-electron chi connectivity index (χ4n) is 1.42. The molecule has 0 N–H and O–H groups in total. The monoisotopic (exact) mass is 364 g/mol. The number of allylic oxidation sites excluding steroid dienone is 6. The SMILES string of the molecule is C=C.C=C/C=C(\C=C/C)/C=C(\I)c1ccc(C)cc1. The predicted molar refractivity (Wildman–Crippen MR) is 97.5 cm³/mol. The summed E-state index contributed by atoms with van der Waals surface area (Å²) in [5.74, 6) is 0. The van der Waals surface area contributed by atoms with Crippen LogP contribution in [0.3, 0.4) is 0 Å². The molecule has 0 bridgehead atoms. The van der Waals surface area contributed by atoms with Gasteiger partial charge in [0, 0.05) is 3.58 Å². The van der Waals surface area contributed by atoms with Crippen molar-refractivity contribution < 1.29 is 0 Å². The molecule has 1 aromatic rings. The predicted octanol–water partition coefficient (Wildman–Crippen LogP) is 6.26. The van der Waals surface area contributed by atoms with Gasteiger partial charge in [-0.15, -0.1) is 13.2 Å². The van der Waals surface area contributed by atoms with E-state index in [2.05, 4.69) is 85.7 Å². The Bertz CT molecular complexity index is 473. The van der Waals surface area contributed by atoms with Gasteiger partial charge in [0.2, 0.25) is 0 Å². The fourth-order valence-corrected chi connectivity index (χ4v) is 2.14. The largest absolute Gasteiger partial charge is 0.106 e. The smallest absolute Gasteiger partial charge is 0.0208 e. The van der Waals surface area contributed by atoms with Crippen LogP contribution >= 0.6 is 22.6 Å². The van der Waals surface area contributed by atoms with Crippen LogP contribution < -0.4 is 0 Å². The van der Waals surface area contributed by atoms with Gasteiger partial charge in [0.25, 0.3) is 0 Å². The molecule has 1 rings (SSSR count). The summed E-state index contributed by atoms with van der Waals surface area (Å²) in [6.07, 6.45) is 10.1. The minimum atomic E-state index is 1.16. The van der Waals surface area contributed by atoms with Crippen molar-refractivity contribution in [2.75, 3.05) is 0 Å². The zero-order chi connectivity index (χ0) is 14.7. The Kier molecular flexibility index (Phi) is 9.81. The standard InChI is InChI=1S/C16H17I.C2H4/c1-4-6-14(7-5-2)12-16(17)15-10-8-13(3)9-11-15;1-2/h4-12H,1H2,2-3H3;1-2H2/b7-5-,14-6+,16-12-;. The third-order valence-corrected chi connectivity index (χ3v) is 3.22. The molecule has 0 nitrogen and oxygen atoms in total. The van der Waals surface area contributed by atoms with Crippen LogP contribution in [-0.4, -0.2) is 0 Å². The van der Waals surface area contributed by atoms with E-state index in [0.717, 1.165) is 5.57 Å². The molecule has 0 saturated heterocycles. The molecule has 0 saturated carbocycles. The summed E-state index contributed by atoms with van der Waals surface area (Å²) in [6.45, 7) is 13.9. The first kappa shape index (κ1) is 17.6. The highest BCUT2D eigenvalue weighted by Crippen LogP contribution is 2.24. The maximum atomic E-state index is 3.73. The third kappa shape index (κ3) is 6.97. The van der Waals surface area contributed by atoms with Gasteiger partial charge >= 0.3 is 0 Å². The minimum absolute atomic E-state index is 1.16. The van der Waals surface area contributed by atoms with Gasteiger partial charge in [-0.05, 0) is 53.7 Å². The van der Waals surface area contributed by atoms with Crippen molar-refractivity contribution >= 4 is 26.2 Å². The number of halogens is 1. The maximum Gasteiger partial charge on any atom is 0.0208 e. The number of rotatable bonds is 4. The summed E-state index contributed by atoms with van der Waals surface area (Å²) in [5, 5.41) is 0. The first-order valence-electron chi connectivity index (χ1n) is 6.07. The van der Waals surface area contributed by atoms with Crippen LogP contribution in [0.2, 0.25) is 0 Å². The Morgan fingerprint density at radius 3 is 2.21 bits per heavy atom. The van der Waals surface area contributed by atoms with Crippen LogP contribution in [0.4, 0.5) is 0 Å². The Hall–Kier alpha value is -1.35. The molecule has 0 amide bonds. The van der Waals surface area contributed by atoms with E-state index in [0.29, 0.717) is 0 Å². The topological polar surface area (TPSA) is 0 Å². The Morgan fingerprint density at radius 1 is 1.16 bits per heavy atom. The van der Waals surface area contributed by atoms with Crippen molar-refractivity contribution in [2.45, 2.75) is 13.8 Å². The Labute approximate surface area is 131 Å². The van der Waals surface area contributed by atoms with Crippen LogP contribution in [0.25, 0.3) is 3.58 Å². The molecule has 0 unspecified atom stereocenters. The molecule has 0 aliphatic carbocycles. The summed E-state index contributed by atoms with van der Waals surface area (Å²) >= 11 is 2.37. The molecule has 0 heterocycles. The molecule has 1 aromatic carbocycles. The van der Waals surface area contributed by atoms with Gasteiger partial charge in [0.05, 0.1) is 0 Å². The van der Waals surface area contributed by atoms with E-state index in [1.54, 1.807) is 0 Å². The lowest BCUT2D eigenvalue weighted by Crippen LogP contribution is -1.79. The third-order valence-electron chi connectivity index (χ3n) is 2.29. The van der Waals surface area contributed by atoms with Gasteiger partial charge in [0.15, 0.2) is 0 Å². The average Bonchev–Trinajstić information content (AvgIpc) is 2.42. The fraction of sp³-hybridized carbons (Fsp3) is 0.111. The van der Waals surface area contributed by atoms with Crippen molar-refractivity contribution in [1.82, 2.24) is 0 Å². The molecular formula is C18H21I.